The van der Waals surface area contributed by atoms with Crippen LogP contribution in [-0.2, 0) is 6.54 Å². The molecule has 0 unspecified atom stereocenters. The zero-order valence-corrected chi connectivity index (χ0v) is 16.0. The van der Waals surface area contributed by atoms with Crippen molar-refractivity contribution in [3.05, 3.63) is 69.0 Å². The maximum Gasteiger partial charge on any atom is 0.437 e. The van der Waals surface area contributed by atoms with Crippen molar-refractivity contribution in [2.24, 2.45) is 0 Å². The first-order valence-electron chi connectivity index (χ1n) is 8.27. The number of thiophene rings is 1. The summed E-state index contributed by atoms with van der Waals surface area (Å²) in [4.78, 5) is 18.3. The molecule has 0 spiro atoms. The van der Waals surface area contributed by atoms with Crippen molar-refractivity contribution in [2.45, 2.75) is 26.3 Å². The lowest BCUT2D eigenvalue weighted by Crippen LogP contribution is -2.15. The predicted octanol–water partition coefficient (Wildman–Crippen LogP) is 4.86. The van der Waals surface area contributed by atoms with Gasteiger partial charge in [0.25, 0.3) is 5.89 Å². The Bertz CT molecular complexity index is 1060. The zero-order valence-electron chi connectivity index (χ0n) is 14.4. The van der Waals surface area contributed by atoms with Crippen molar-refractivity contribution < 1.29 is 4.42 Å². The second-order valence-electron chi connectivity index (χ2n) is 6.22. The lowest BCUT2D eigenvalue weighted by Gasteiger charge is -2.05. The van der Waals surface area contributed by atoms with Gasteiger partial charge < -0.3 is 4.42 Å². The molecule has 4 aromatic rings. The molecule has 0 aliphatic rings. The van der Waals surface area contributed by atoms with E-state index in [4.69, 9.17) is 4.42 Å². The van der Waals surface area contributed by atoms with Crippen LogP contribution in [0.25, 0.3) is 21.3 Å². The highest BCUT2D eigenvalue weighted by molar-refractivity contribution is 7.15. The van der Waals surface area contributed by atoms with Gasteiger partial charge in [0.15, 0.2) is 0 Å². The molecule has 5 nitrogen and oxygen atoms in total. The van der Waals surface area contributed by atoms with Crippen LogP contribution in [0.2, 0.25) is 0 Å². The first-order valence-corrected chi connectivity index (χ1v) is 9.96. The van der Waals surface area contributed by atoms with E-state index in [2.05, 4.69) is 48.2 Å². The number of nitrogens with zero attached hydrogens (tertiary/aromatic N) is 3. The van der Waals surface area contributed by atoms with Gasteiger partial charge in [-0.15, -0.1) is 27.8 Å². The van der Waals surface area contributed by atoms with Crippen LogP contribution in [-0.4, -0.2) is 14.8 Å². The molecule has 0 bridgehead atoms. The molecule has 1 aromatic carbocycles. The van der Waals surface area contributed by atoms with Crippen molar-refractivity contribution in [2.75, 3.05) is 0 Å². The molecule has 0 aliphatic carbocycles. The van der Waals surface area contributed by atoms with Crippen LogP contribution in [0.15, 0.2) is 57.2 Å². The van der Waals surface area contributed by atoms with Crippen molar-refractivity contribution in [3.63, 3.8) is 0 Å². The van der Waals surface area contributed by atoms with Crippen LogP contribution in [0.4, 0.5) is 0 Å². The van der Waals surface area contributed by atoms with E-state index in [1.807, 2.05) is 17.5 Å². The van der Waals surface area contributed by atoms with Crippen LogP contribution in [0.1, 0.15) is 30.2 Å². The minimum atomic E-state index is -0.454. The van der Waals surface area contributed by atoms with E-state index in [0.717, 1.165) is 20.3 Å². The number of benzene rings is 1. The summed E-state index contributed by atoms with van der Waals surface area (Å²) < 4.78 is 6.59. The summed E-state index contributed by atoms with van der Waals surface area (Å²) in [5.41, 5.74) is 2.39. The van der Waals surface area contributed by atoms with Gasteiger partial charge >= 0.3 is 5.76 Å². The lowest BCUT2D eigenvalue weighted by atomic mass is 10.0. The fourth-order valence-corrected chi connectivity index (χ4v) is 4.12. The molecule has 132 valence electrons. The van der Waals surface area contributed by atoms with E-state index in [-0.39, 0.29) is 0 Å². The van der Waals surface area contributed by atoms with Crippen molar-refractivity contribution in [3.8, 4) is 21.3 Å². The van der Waals surface area contributed by atoms with E-state index >= 15 is 0 Å². The smallest absolute Gasteiger partial charge is 0.387 e. The Morgan fingerprint density at radius 1 is 1.19 bits per heavy atom. The second-order valence-corrected chi connectivity index (χ2v) is 8.28. The van der Waals surface area contributed by atoms with Gasteiger partial charge in [-0.2, -0.15) is 4.68 Å². The molecule has 4 rings (SSSR count). The van der Waals surface area contributed by atoms with E-state index in [9.17, 15) is 4.79 Å². The molecule has 0 amide bonds. The molecule has 0 saturated heterocycles. The Morgan fingerprint density at radius 3 is 2.69 bits per heavy atom. The zero-order chi connectivity index (χ0) is 18.1. The third-order valence-corrected chi connectivity index (χ3v) is 5.91. The number of hydrogen-bond donors (Lipinski definition) is 0. The Kier molecular flexibility index (Phi) is 4.57. The molecule has 0 atom stereocenters. The summed E-state index contributed by atoms with van der Waals surface area (Å²) in [5.74, 6) is 0.413. The molecule has 3 aromatic heterocycles. The molecule has 0 aliphatic heterocycles. The summed E-state index contributed by atoms with van der Waals surface area (Å²) in [6.07, 6.45) is 1.79. The topological polar surface area (TPSA) is 60.9 Å². The highest BCUT2D eigenvalue weighted by atomic mass is 32.1. The van der Waals surface area contributed by atoms with E-state index in [1.54, 1.807) is 17.5 Å². The third kappa shape index (κ3) is 3.40. The SMILES string of the molecule is CC(C)c1ccc(-c2ncc(Cn3nc(-c4cccs4)oc3=O)s2)cc1. The summed E-state index contributed by atoms with van der Waals surface area (Å²) in [5, 5.41) is 7.15. The van der Waals surface area contributed by atoms with Gasteiger partial charge in [-0.25, -0.2) is 9.78 Å². The highest BCUT2D eigenvalue weighted by Crippen LogP contribution is 2.27. The standard InChI is InChI=1S/C19H17N3O2S2/c1-12(2)13-5-7-14(8-6-13)18-20-10-15(26-18)11-22-19(23)24-17(21-22)16-4-3-9-25-16/h3-10,12H,11H2,1-2H3. The summed E-state index contributed by atoms with van der Waals surface area (Å²) in [6, 6.07) is 12.2. The van der Waals surface area contributed by atoms with Crippen molar-refractivity contribution in [1.82, 2.24) is 14.8 Å². The maximum absolute atomic E-state index is 12.0. The van der Waals surface area contributed by atoms with Gasteiger partial charge in [0.2, 0.25) is 0 Å². The first kappa shape index (κ1) is 16.9. The number of aromatic nitrogens is 3. The molecular weight excluding hydrogens is 366 g/mol. The van der Waals surface area contributed by atoms with Crippen LogP contribution >= 0.6 is 22.7 Å². The second kappa shape index (κ2) is 7.01. The minimum absolute atomic E-state index is 0.357. The first-order chi connectivity index (χ1) is 12.6. The molecule has 26 heavy (non-hydrogen) atoms. The highest BCUT2D eigenvalue weighted by Gasteiger charge is 2.13. The van der Waals surface area contributed by atoms with Gasteiger partial charge in [0, 0.05) is 16.6 Å². The Morgan fingerprint density at radius 2 is 2.00 bits per heavy atom. The minimum Gasteiger partial charge on any atom is -0.387 e. The fourth-order valence-electron chi connectivity index (χ4n) is 2.58. The van der Waals surface area contributed by atoms with Gasteiger partial charge in [0.05, 0.1) is 11.4 Å². The van der Waals surface area contributed by atoms with E-state index in [0.29, 0.717) is 18.4 Å². The summed E-state index contributed by atoms with van der Waals surface area (Å²) in [7, 11) is 0. The molecule has 0 N–H and O–H groups in total. The van der Waals surface area contributed by atoms with Crippen LogP contribution < -0.4 is 5.76 Å². The normalized spacial score (nSPS) is 11.3. The summed E-state index contributed by atoms with van der Waals surface area (Å²) in [6.45, 7) is 4.71. The van der Waals surface area contributed by atoms with Crippen molar-refractivity contribution >= 4 is 22.7 Å². The Labute approximate surface area is 158 Å². The van der Waals surface area contributed by atoms with Gasteiger partial charge in [-0.1, -0.05) is 44.2 Å². The fraction of sp³-hybridized carbons (Fsp3) is 0.211. The van der Waals surface area contributed by atoms with E-state index < -0.39 is 5.76 Å². The quantitative estimate of drug-likeness (QED) is 0.494. The average Bonchev–Trinajstić information content (AvgIpc) is 3.37. The molecule has 0 radical (unpaired) electrons. The predicted molar refractivity (Wildman–Crippen MR) is 105 cm³/mol. The van der Waals surface area contributed by atoms with Crippen LogP contribution in [0.5, 0.6) is 0 Å². The third-order valence-electron chi connectivity index (χ3n) is 4.02. The molecular formula is C19H17N3O2S2. The monoisotopic (exact) mass is 383 g/mol. The van der Waals surface area contributed by atoms with Gasteiger partial charge in [0.1, 0.15) is 5.01 Å². The number of rotatable bonds is 5. The summed E-state index contributed by atoms with van der Waals surface area (Å²) >= 11 is 3.05. The molecule has 7 heteroatoms. The van der Waals surface area contributed by atoms with Gasteiger partial charge in [-0.3, -0.25) is 0 Å². The van der Waals surface area contributed by atoms with Crippen molar-refractivity contribution in [1.29, 1.82) is 0 Å². The number of thiazole rings is 1. The Balaban J connectivity index is 1.55. The van der Waals surface area contributed by atoms with Crippen LogP contribution in [0.3, 0.4) is 0 Å². The van der Waals surface area contributed by atoms with E-state index in [1.165, 1.54) is 21.6 Å². The van der Waals surface area contributed by atoms with Crippen LogP contribution in [0, 0.1) is 0 Å². The maximum atomic E-state index is 12.0. The molecule has 3 heterocycles. The van der Waals surface area contributed by atoms with Gasteiger partial charge in [-0.05, 0) is 22.9 Å². The Hall–Kier alpha value is -2.51. The molecule has 0 fully saturated rings. The lowest BCUT2D eigenvalue weighted by molar-refractivity contribution is 0.496. The number of hydrogen-bond acceptors (Lipinski definition) is 6. The molecule has 0 saturated carbocycles. The average molecular weight is 383 g/mol. The largest absolute Gasteiger partial charge is 0.437 e.